The first kappa shape index (κ1) is 20.3. The van der Waals surface area contributed by atoms with Crippen molar-refractivity contribution in [2.45, 2.75) is 5.92 Å². The van der Waals surface area contributed by atoms with Crippen molar-refractivity contribution in [2.24, 2.45) is 5.92 Å². The third kappa shape index (κ3) is 3.76. The van der Waals surface area contributed by atoms with Crippen LogP contribution < -0.4 is 4.74 Å². The highest BCUT2D eigenvalue weighted by molar-refractivity contribution is 9.10. The number of aromatic nitrogens is 1. The summed E-state index contributed by atoms with van der Waals surface area (Å²) in [6.45, 7) is 0. The highest BCUT2D eigenvalue weighted by Crippen LogP contribution is 2.40. The zero-order chi connectivity index (χ0) is 22.1. The quantitative estimate of drug-likeness (QED) is 0.201. The number of pyridine rings is 1. The third-order valence-corrected chi connectivity index (χ3v) is 6.27. The van der Waals surface area contributed by atoms with Crippen molar-refractivity contribution in [3.8, 4) is 16.9 Å². The van der Waals surface area contributed by atoms with Crippen molar-refractivity contribution in [1.29, 1.82) is 0 Å². The number of carbonyl (C=O) groups excluding carboxylic acids is 2. The summed E-state index contributed by atoms with van der Waals surface area (Å²) in [6, 6.07) is 26.6. The number of esters is 1. The molecule has 4 nitrogen and oxygen atoms in total. The van der Waals surface area contributed by atoms with Crippen LogP contribution in [0.25, 0.3) is 11.1 Å². The standard InChI is InChI=1S/C27H18BrNO3/c28-21-11-9-18(10-12-21)17-5-7-19(8-6-17)24(20-13-15-29-16-14-20)25-26(30)22-3-1-2-4-23(22)32-27(25)31/h1-16,24-25H. The monoisotopic (exact) mass is 483 g/mol. The summed E-state index contributed by atoms with van der Waals surface area (Å²) in [4.78, 5) is 30.5. The van der Waals surface area contributed by atoms with Crippen LogP contribution in [0.4, 0.5) is 0 Å². The van der Waals surface area contributed by atoms with Gasteiger partial charge in [0.15, 0.2) is 5.78 Å². The van der Waals surface area contributed by atoms with Gasteiger partial charge in [0, 0.05) is 22.8 Å². The molecule has 0 aliphatic carbocycles. The van der Waals surface area contributed by atoms with Crippen molar-refractivity contribution in [3.05, 3.63) is 118 Å². The van der Waals surface area contributed by atoms with Gasteiger partial charge < -0.3 is 4.74 Å². The fourth-order valence-electron chi connectivity index (χ4n) is 4.17. The number of carbonyl (C=O) groups is 2. The summed E-state index contributed by atoms with van der Waals surface area (Å²) < 4.78 is 6.58. The van der Waals surface area contributed by atoms with Crippen LogP contribution in [0, 0.1) is 5.92 Å². The molecule has 5 heteroatoms. The molecular weight excluding hydrogens is 466 g/mol. The van der Waals surface area contributed by atoms with Crippen molar-refractivity contribution < 1.29 is 14.3 Å². The van der Waals surface area contributed by atoms with Gasteiger partial charge in [-0.2, -0.15) is 0 Å². The molecule has 2 heterocycles. The first-order valence-corrected chi connectivity index (χ1v) is 11.0. The lowest BCUT2D eigenvalue weighted by Crippen LogP contribution is -2.38. The number of halogens is 1. The van der Waals surface area contributed by atoms with Crippen LogP contribution >= 0.6 is 15.9 Å². The molecule has 0 saturated carbocycles. The minimum Gasteiger partial charge on any atom is -0.425 e. The zero-order valence-corrected chi connectivity index (χ0v) is 18.5. The molecule has 4 aromatic rings. The number of ether oxygens (including phenoxy) is 1. The first-order chi connectivity index (χ1) is 15.6. The fourth-order valence-corrected chi connectivity index (χ4v) is 4.43. The number of nitrogens with zero attached hydrogens (tertiary/aromatic N) is 1. The molecule has 1 aliphatic heterocycles. The second kappa shape index (κ2) is 8.52. The summed E-state index contributed by atoms with van der Waals surface area (Å²) in [6.07, 6.45) is 3.34. The van der Waals surface area contributed by atoms with Crippen molar-refractivity contribution >= 4 is 27.7 Å². The number of benzene rings is 3. The van der Waals surface area contributed by atoms with E-state index in [1.165, 1.54) is 0 Å². The Morgan fingerprint density at radius 2 is 1.34 bits per heavy atom. The van der Waals surface area contributed by atoms with Crippen LogP contribution in [0.1, 0.15) is 27.4 Å². The lowest BCUT2D eigenvalue weighted by Gasteiger charge is -2.29. The Bertz CT molecular complexity index is 1280. The van der Waals surface area contributed by atoms with E-state index in [0.29, 0.717) is 11.3 Å². The van der Waals surface area contributed by atoms with Crippen LogP contribution in [-0.2, 0) is 4.79 Å². The van der Waals surface area contributed by atoms with Gasteiger partial charge in [0.2, 0.25) is 0 Å². The van der Waals surface area contributed by atoms with Crippen LogP contribution in [-0.4, -0.2) is 16.7 Å². The average molecular weight is 484 g/mol. The third-order valence-electron chi connectivity index (χ3n) is 5.75. The minimum absolute atomic E-state index is 0.226. The predicted octanol–water partition coefficient (Wildman–Crippen LogP) is 6.06. The Kier molecular flexibility index (Phi) is 5.41. The smallest absolute Gasteiger partial charge is 0.323 e. The summed E-state index contributed by atoms with van der Waals surface area (Å²) in [7, 11) is 0. The summed E-state index contributed by atoms with van der Waals surface area (Å²) in [5.74, 6) is -1.89. The predicted molar refractivity (Wildman–Crippen MR) is 126 cm³/mol. The maximum absolute atomic E-state index is 13.4. The highest BCUT2D eigenvalue weighted by atomic mass is 79.9. The molecule has 3 aromatic carbocycles. The van der Waals surface area contributed by atoms with Gasteiger partial charge >= 0.3 is 5.97 Å². The van der Waals surface area contributed by atoms with Gasteiger partial charge in [-0.3, -0.25) is 14.6 Å². The molecule has 0 bridgehead atoms. The van der Waals surface area contributed by atoms with Gasteiger partial charge in [-0.15, -0.1) is 0 Å². The van der Waals surface area contributed by atoms with E-state index in [1.807, 2.05) is 60.7 Å². The van der Waals surface area contributed by atoms with Crippen molar-refractivity contribution in [2.75, 3.05) is 0 Å². The topological polar surface area (TPSA) is 56.3 Å². The molecule has 1 aromatic heterocycles. The number of hydrogen-bond acceptors (Lipinski definition) is 4. The zero-order valence-electron chi connectivity index (χ0n) is 16.9. The van der Waals surface area contributed by atoms with E-state index < -0.39 is 17.8 Å². The van der Waals surface area contributed by atoms with Crippen LogP contribution in [0.2, 0.25) is 0 Å². The fraction of sp³-hybridized carbons (Fsp3) is 0.0741. The van der Waals surface area contributed by atoms with E-state index in [0.717, 1.165) is 26.7 Å². The molecule has 2 atom stereocenters. The molecule has 0 saturated heterocycles. The van der Waals surface area contributed by atoms with Crippen LogP contribution in [0.15, 0.2) is 102 Å². The average Bonchev–Trinajstić information content (AvgIpc) is 2.83. The molecule has 0 fully saturated rings. The molecule has 32 heavy (non-hydrogen) atoms. The Balaban J connectivity index is 1.57. The van der Waals surface area contributed by atoms with Crippen molar-refractivity contribution in [1.82, 2.24) is 4.98 Å². The molecule has 0 amide bonds. The molecule has 0 N–H and O–H groups in total. The Hall–Kier alpha value is -3.57. The van der Waals surface area contributed by atoms with E-state index in [1.54, 1.807) is 36.7 Å². The molecule has 5 rings (SSSR count). The summed E-state index contributed by atoms with van der Waals surface area (Å²) in [5, 5.41) is 0. The van der Waals surface area contributed by atoms with Gasteiger partial charge in [0.25, 0.3) is 0 Å². The Morgan fingerprint density at radius 1 is 0.750 bits per heavy atom. The number of para-hydroxylation sites is 1. The molecule has 0 spiro atoms. The Labute approximate surface area is 194 Å². The molecule has 1 aliphatic rings. The molecular formula is C27H18BrNO3. The number of hydrogen-bond donors (Lipinski definition) is 0. The first-order valence-electron chi connectivity index (χ1n) is 10.2. The van der Waals surface area contributed by atoms with Gasteiger partial charge in [0.1, 0.15) is 11.7 Å². The maximum atomic E-state index is 13.4. The number of fused-ring (bicyclic) bond motifs is 1. The number of Topliss-reactive ketones (excluding diaryl/α,β-unsaturated/α-hetero) is 1. The Morgan fingerprint density at radius 3 is 2.03 bits per heavy atom. The van der Waals surface area contributed by atoms with Crippen molar-refractivity contribution in [3.63, 3.8) is 0 Å². The number of rotatable bonds is 4. The lowest BCUT2D eigenvalue weighted by molar-refractivity contribution is -0.138. The molecule has 156 valence electrons. The highest BCUT2D eigenvalue weighted by Gasteiger charge is 2.43. The van der Waals surface area contributed by atoms with Gasteiger partial charge in [-0.1, -0.05) is 64.5 Å². The van der Waals surface area contributed by atoms with Gasteiger partial charge in [-0.05, 0) is 58.7 Å². The molecule has 2 unspecified atom stereocenters. The minimum atomic E-state index is -0.967. The van der Waals surface area contributed by atoms with E-state index in [-0.39, 0.29) is 5.78 Å². The van der Waals surface area contributed by atoms with Gasteiger partial charge in [0.05, 0.1) is 5.56 Å². The SMILES string of the molecule is O=C1Oc2ccccc2C(=O)C1C(c1ccncc1)c1ccc(-c2ccc(Br)cc2)cc1. The second-order valence-electron chi connectivity index (χ2n) is 7.65. The largest absolute Gasteiger partial charge is 0.425 e. The van der Waals surface area contributed by atoms with E-state index in [4.69, 9.17) is 4.74 Å². The normalized spacial score (nSPS) is 16.2. The van der Waals surface area contributed by atoms with Gasteiger partial charge in [-0.25, -0.2) is 0 Å². The lowest BCUT2D eigenvalue weighted by atomic mass is 9.76. The molecule has 0 radical (unpaired) electrons. The maximum Gasteiger partial charge on any atom is 0.323 e. The van der Waals surface area contributed by atoms with E-state index >= 15 is 0 Å². The number of ketones is 1. The van der Waals surface area contributed by atoms with Crippen LogP contribution in [0.5, 0.6) is 5.75 Å². The van der Waals surface area contributed by atoms with E-state index in [9.17, 15) is 9.59 Å². The summed E-state index contributed by atoms with van der Waals surface area (Å²) in [5.41, 5.74) is 4.28. The van der Waals surface area contributed by atoms with E-state index in [2.05, 4.69) is 20.9 Å². The second-order valence-corrected chi connectivity index (χ2v) is 8.56. The van der Waals surface area contributed by atoms with Crippen LogP contribution in [0.3, 0.4) is 0 Å². The summed E-state index contributed by atoms with van der Waals surface area (Å²) >= 11 is 3.46.